The second-order valence-electron chi connectivity index (χ2n) is 4.16. The molecule has 0 bridgehead atoms. The van der Waals surface area contributed by atoms with E-state index >= 15 is 0 Å². The number of phenols is 1. The van der Waals surface area contributed by atoms with Crippen LogP contribution in [0.4, 0.5) is 0 Å². The highest BCUT2D eigenvalue weighted by Crippen LogP contribution is 2.20. The molecule has 2 aromatic rings. The van der Waals surface area contributed by atoms with Crippen LogP contribution in [0, 0.1) is 14.9 Å². The summed E-state index contributed by atoms with van der Waals surface area (Å²) in [7, 11) is 0. The number of nitrogens with zero attached hydrogens (tertiary/aromatic N) is 1. The molecule has 2 rings (SSSR count). The number of phenolic OH excluding ortho intramolecular Hbond substituents is 1. The molecule has 1 amide bonds. The zero-order chi connectivity index (χ0) is 14.5. The largest absolute Gasteiger partial charge is 0.507 e. The molecule has 0 aliphatic heterocycles. The van der Waals surface area contributed by atoms with Crippen LogP contribution in [0.25, 0.3) is 0 Å². The molecule has 0 heterocycles. The van der Waals surface area contributed by atoms with Gasteiger partial charge in [-0.15, -0.1) is 0 Å². The van der Waals surface area contributed by atoms with E-state index < -0.39 is 0 Å². The van der Waals surface area contributed by atoms with E-state index in [1.165, 1.54) is 6.07 Å². The number of rotatable bonds is 3. The molecule has 100 valence electrons. The van der Waals surface area contributed by atoms with Gasteiger partial charge in [-0.2, -0.15) is 5.26 Å². The first-order chi connectivity index (χ1) is 9.60. The predicted molar refractivity (Wildman–Crippen MR) is 83.2 cm³/mol. The lowest BCUT2D eigenvalue weighted by molar-refractivity contribution is 0.0950. The number of nitriles is 1. The molecule has 0 radical (unpaired) electrons. The van der Waals surface area contributed by atoms with Crippen molar-refractivity contribution < 1.29 is 9.90 Å². The van der Waals surface area contributed by atoms with E-state index in [-0.39, 0.29) is 11.7 Å². The Bertz CT molecular complexity index is 675. The van der Waals surface area contributed by atoms with Gasteiger partial charge in [0.05, 0.1) is 15.2 Å². The van der Waals surface area contributed by atoms with Crippen LogP contribution in [0.5, 0.6) is 5.75 Å². The second kappa shape index (κ2) is 6.39. The summed E-state index contributed by atoms with van der Waals surface area (Å²) in [4.78, 5) is 11.9. The van der Waals surface area contributed by atoms with Crippen LogP contribution < -0.4 is 5.32 Å². The predicted octanol–water partition coefficient (Wildman–Crippen LogP) is 2.80. The van der Waals surface area contributed by atoms with E-state index in [2.05, 4.69) is 5.32 Å². The molecule has 4 nitrogen and oxygen atoms in total. The van der Waals surface area contributed by atoms with Gasteiger partial charge in [-0.1, -0.05) is 12.1 Å². The van der Waals surface area contributed by atoms with Crippen molar-refractivity contribution in [1.82, 2.24) is 5.32 Å². The van der Waals surface area contributed by atoms with Crippen molar-refractivity contribution in [1.29, 1.82) is 5.26 Å². The maximum atomic E-state index is 11.9. The van der Waals surface area contributed by atoms with Gasteiger partial charge in [-0.3, -0.25) is 4.79 Å². The van der Waals surface area contributed by atoms with E-state index in [4.69, 9.17) is 5.26 Å². The smallest absolute Gasteiger partial charge is 0.251 e. The molecule has 0 saturated carbocycles. The van der Waals surface area contributed by atoms with E-state index in [0.717, 1.165) is 5.56 Å². The van der Waals surface area contributed by atoms with E-state index in [9.17, 15) is 9.90 Å². The molecule has 0 atom stereocenters. The maximum Gasteiger partial charge on any atom is 0.251 e. The first-order valence-corrected chi connectivity index (χ1v) is 6.94. The topological polar surface area (TPSA) is 73.1 Å². The molecule has 0 saturated heterocycles. The van der Waals surface area contributed by atoms with Gasteiger partial charge in [0.1, 0.15) is 5.75 Å². The third-order valence-electron chi connectivity index (χ3n) is 2.74. The average molecular weight is 378 g/mol. The SMILES string of the molecule is N#Cc1ccc(CNC(=O)c2ccc(I)c(O)c2)cc1. The Kier molecular flexibility index (Phi) is 4.58. The Labute approximate surface area is 130 Å². The van der Waals surface area contributed by atoms with Gasteiger partial charge in [0, 0.05) is 12.1 Å². The summed E-state index contributed by atoms with van der Waals surface area (Å²) in [6, 6.07) is 13.8. The van der Waals surface area contributed by atoms with Gasteiger partial charge in [-0.05, 0) is 58.5 Å². The molecule has 0 aromatic heterocycles. The zero-order valence-electron chi connectivity index (χ0n) is 10.4. The Hall–Kier alpha value is -2.07. The van der Waals surface area contributed by atoms with E-state index in [0.29, 0.717) is 21.2 Å². The van der Waals surface area contributed by atoms with E-state index in [1.54, 1.807) is 36.4 Å². The zero-order valence-corrected chi connectivity index (χ0v) is 12.6. The summed E-state index contributed by atoms with van der Waals surface area (Å²) >= 11 is 1.99. The molecule has 0 aliphatic carbocycles. The Balaban J connectivity index is 2.01. The van der Waals surface area contributed by atoms with Gasteiger partial charge < -0.3 is 10.4 Å². The van der Waals surface area contributed by atoms with Crippen LogP contribution in [-0.2, 0) is 6.54 Å². The number of amides is 1. The number of aromatic hydroxyl groups is 1. The van der Waals surface area contributed by atoms with Gasteiger partial charge in [0.25, 0.3) is 5.91 Å². The summed E-state index contributed by atoms with van der Waals surface area (Å²) in [5, 5.41) is 21.0. The lowest BCUT2D eigenvalue weighted by atomic mass is 10.1. The van der Waals surface area contributed by atoms with Gasteiger partial charge >= 0.3 is 0 Å². The average Bonchev–Trinajstić information content (AvgIpc) is 2.48. The summed E-state index contributed by atoms with van der Waals surface area (Å²) in [6.07, 6.45) is 0. The summed E-state index contributed by atoms with van der Waals surface area (Å²) in [5.41, 5.74) is 1.91. The molecular weight excluding hydrogens is 367 g/mol. The highest BCUT2D eigenvalue weighted by Gasteiger charge is 2.07. The van der Waals surface area contributed by atoms with Crippen LogP contribution in [0.2, 0.25) is 0 Å². The fourth-order valence-corrected chi connectivity index (χ4v) is 1.97. The normalized spacial score (nSPS) is 9.80. The van der Waals surface area contributed by atoms with Crippen molar-refractivity contribution in [2.75, 3.05) is 0 Å². The van der Waals surface area contributed by atoms with Crippen molar-refractivity contribution in [3.63, 3.8) is 0 Å². The third kappa shape index (κ3) is 3.48. The standard InChI is InChI=1S/C15H11IN2O2/c16-13-6-5-12(7-14(13)19)15(20)18-9-11-3-1-10(8-17)2-4-11/h1-7,19H,9H2,(H,18,20). The van der Waals surface area contributed by atoms with Crippen molar-refractivity contribution in [2.45, 2.75) is 6.54 Å². The molecule has 0 aliphatic rings. The number of halogens is 1. The van der Waals surface area contributed by atoms with Crippen LogP contribution in [0.1, 0.15) is 21.5 Å². The van der Waals surface area contributed by atoms with Gasteiger partial charge in [0.2, 0.25) is 0 Å². The molecule has 20 heavy (non-hydrogen) atoms. The lowest BCUT2D eigenvalue weighted by Gasteiger charge is -2.06. The minimum Gasteiger partial charge on any atom is -0.507 e. The molecule has 2 N–H and O–H groups in total. The lowest BCUT2D eigenvalue weighted by Crippen LogP contribution is -2.22. The summed E-state index contributed by atoms with van der Waals surface area (Å²) < 4.78 is 0.700. The fourth-order valence-electron chi connectivity index (χ4n) is 1.64. The molecule has 0 fully saturated rings. The molecule has 0 spiro atoms. The fraction of sp³-hybridized carbons (Fsp3) is 0.0667. The molecule has 2 aromatic carbocycles. The van der Waals surface area contributed by atoms with Crippen molar-refractivity contribution in [2.24, 2.45) is 0 Å². The number of hydrogen-bond acceptors (Lipinski definition) is 3. The van der Waals surface area contributed by atoms with Crippen molar-refractivity contribution >= 4 is 28.5 Å². The second-order valence-corrected chi connectivity index (χ2v) is 5.32. The number of carbonyl (C=O) groups is 1. The molecular formula is C15H11IN2O2. The molecule has 5 heteroatoms. The number of benzene rings is 2. The highest BCUT2D eigenvalue weighted by molar-refractivity contribution is 14.1. The van der Waals surface area contributed by atoms with Gasteiger partial charge in [0.15, 0.2) is 0 Å². The summed E-state index contributed by atoms with van der Waals surface area (Å²) in [6.45, 7) is 0.372. The van der Waals surface area contributed by atoms with Crippen molar-refractivity contribution in [3.05, 3.63) is 62.7 Å². The number of carbonyl (C=O) groups excluding carboxylic acids is 1. The highest BCUT2D eigenvalue weighted by atomic mass is 127. The first kappa shape index (κ1) is 14.3. The Morgan fingerprint density at radius 3 is 2.55 bits per heavy atom. The van der Waals surface area contributed by atoms with Crippen LogP contribution >= 0.6 is 22.6 Å². The van der Waals surface area contributed by atoms with Crippen LogP contribution in [-0.4, -0.2) is 11.0 Å². The van der Waals surface area contributed by atoms with Gasteiger partial charge in [-0.25, -0.2) is 0 Å². The van der Waals surface area contributed by atoms with E-state index in [1.807, 2.05) is 28.7 Å². The maximum absolute atomic E-state index is 11.9. The minimum absolute atomic E-state index is 0.0941. The quantitative estimate of drug-likeness (QED) is 0.807. The Morgan fingerprint density at radius 2 is 1.95 bits per heavy atom. The number of nitrogens with one attached hydrogen (secondary N) is 1. The van der Waals surface area contributed by atoms with Crippen molar-refractivity contribution in [3.8, 4) is 11.8 Å². The number of hydrogen-bond donors (Lipinski definition) is 2. The Morgan fingerprint density at radius 1 is 1.25 bits per heavy atom. The van der Waals surface area contributed by atoms with Crippen LogP contribution in [0.15, 0.2) is 42.5 Å². The summed E-state index contributed by atoms with van der Waals surface area (Å²) in [5.74, 6) is -0.155. The third-order valence-corrected chi connectivity index (χ3v) is 3.66. The monoisotopic (exact) mass is 378 g/mol. The molecule has 0 unspecified atom stereocenters. The first-order valence-electron chi connectivity index (χ1n) is 5.86. The minimum atomic E-state index is -0.249. The van der Waals surface area contributed by atoms with Crippen LogP contribution in [0.3, 0.4) is 0 Å².